The van der Waals surface area contributed by atoms with E-state index < -0.39 is 6.10 Å². The van der Waals surface area contributed by atoms with Crippen molar-refractivity contribution in [2.24, 2.45) is 0 Å². The van der Waals surface area contributed by atoms with Crippen LogP contribution in [0.15, 0.2) is 47.1 Å². The molecular formula is C20H27ClN2O4. The third-order valence-electron chi connectivity index (χ3n) is 4.62. The largest absolute Gasteiger partial charge is 0.494 e. The minimum absolute atomic E-state index is 0. The zero-order chi connectivity index (χ0) is 18.4. The second-order valence-electron chi connectivity index (χ2n) is 6.47. The Morgan fingerprint density at radius 2 is 1.89 bits per heavy atom. The summed E-state index contributed by atoms with van der Waals surface area (Å²) in [5.41, 5.74) is 0.995. The van der Waals surface area contributed by atoms with Gasteiger partial charge in [0.05, 0.1) is 19.3 Å². The predicted octanol–water partition coefficient (Wildman–Crippen LogP) is 2.52. The van der Waals surface area contributed by atoms with Gasteiger partial charge in [0.15, 0.2) is 0 Å². The van der Waals surface area contributed by atoms with Gasteiger partial charge in [0.25, 0.3) is 0 Å². The van der Waals surface area contributed by atoms with Crippen LogP contribution in [0.25, 0.3) is 0 Å². The first-order valence-corrected chi connectivity index (χ1v) is 9.09. The second-order valence-corrected chi connectivity index (χ2v) is 6.47. The van der Waals surface area contributed by atoms with Gasteiger partial charge in [0.2, 0.25) is 5.91 Å². The molecule has 0 spiro atoms. The summed E-state index contributed by atoms with van der Waals surface area (Å²) in [5.74, 6) is 1.55. The Labute approximate surface area is 166 Å². The van der Waals surface area contributed by atoms with Crippen LogP contribution in [-0.2, 0) is 11.2 Å². The second kappa shape index (κ2) is 10.3. The van der Waals surface area contributed by atoms with E-state index in [1.807, 2.05) is 36.1 Å². The number of halogens is 1. The average molecular weight is 395 g/mol. The lowest BCUT2D eigenvalue weighted by molar-refractivity contribution is -0.132. The van der Waals surface area contributed by atoms with E-state index >= 15 is 0 Å². The van der Waals surface area contributed by atoms with Gasteiger partial charge in [0.1, 0.15) is 17.6 Å². The fourth-order valence-corrected chi connectivity index (χ4v) is 3.15. The zero-order valence-corrected chi connectivity index (χ0v) is 16.4. The number of hydrogen-bond donors (Lipinski definition) is 1. The number of piperazine rings is 1. The molecule has 1 aromatic carbocycles. The highest BCUT2D eigenvalue weighted by Gasteiger charge is 2.23. The van der Waals surface area contributed by atoms with Gasteiger partial charge >= 0.3 is 0 Å². The number of carbonyl (C=O) groups is 1. The molecule has 1 aliphatic heterocycles. The molecule has 1 fully saturated rings. The molecule has 0 radical (unpaired) electrons. The van der Waals surface area contributed by atoms with E-state index in [4.69, 9.17) is 9.15 Å². The zero-order valence-electron chi connectivity index (χ0n) is 15.5. The molecule has 0 bridgehead atoms. The van der Waals surface area contributed by atoms with E-state index in [0.717, 1.165) is 24.4 Å². The molecule has 1 atom stereocenters. The number of nitrogens with zero attached hydrogens (tertiary/aromatic N) is 2. The van der Waals surface area contributed by atoms with E-state index in [1.165, 1.54) is 0 Å². The van der Waals surface area contributed by atoms with Crippen molar-refractivity contribution in [1.82, 2.24) is 9.80 Å². The van der Waals surface area contributed by atoms with Gasteiger partial charge in [-0.2, -0.15) is 0 Å². The van der Waals surface area contributed by atoms with Gasteiger partial charge in [-0.15, -0.1) is 12.4 Å². The van der Waals surface area contributed by atoms with E-state index in [1.54, 1.807) is 18.4 Å². The number of β-amino-alcohol motifs (C(OH)–C–C–N with tert-alkyl or cyclic N) is 1. The Morgan fingerprint density at radius 3 is 2.48 bits per heavy atom. The average Bonchev–Trinajstić information content (AvgIpc) is 3.19. The molecule has 2 heterocycles. The molecule has 1 amide bonds. The Balaban J connectivity index is 0.00000261. The first-order chi connectivity index (χ1) is 12.7. The molecule has 1 N–H and O–H groups in total. The lowest BCUT2D eigenvalue weighted by Crippen LogP contribution is -2.50. The number of amides is 1. The standard InChI is InChI=1S/C20H26N2O4.ClH/c1-2-25-17-7-5-16(6-8-17)14-20(24)22-11-9-21(10-12-22)15-18(23)19-4-3-13-26-19;/h3-8,13,18,23H,2,9-12,14-15H2,1H3;1H. The topological polar surface area (TPSA) is 66.2 Å². The minimum atomic E-state index is -0.629. The number of hydrogen-bond acceptors (Lipinski definition) is 5. The predicted molar refractivity (Wildman–Crippen MR) is 105 cm³/mol. The fourth-order valence-electron chi connectivity index (χ4n) is 3.15. The molecule has 7 heteroatoms. The summed E-state index contributed by atoms with van der Waals surface area (Å²) in [6.07, 6.45) is 1.34. The van der Waals surface area contributed by atoms with Gasteiger partial charge in [0, 0.05) is 32.7 Å². The van der Waals surface area contributed by atoms with Crippen LogP contribution in [-0.4, -0.2) is 60.1 Å². The maximum absolute atomic E-state index is 12.5. The summed E-state index contributed by atoms with van der Waals surface area (Å²) >= 11 is 0. The number of aliphatic hydroxyl groups is 1. The van der Waals surface area contributed by atoms with Crippen LogP contribution in [0.4, 0.5) is 0 Å². The molecule has 1 aromatic heterocycles. The van der Waals surface area contributed by atoms with Crippen LogP contribution in [0.1, 0.15) is 24.4 Å². The molecule has 148 valence electrons. The highest BCUT2D eigenvalue weighted by Crippen LogP contribution is 2.17. The number of rotatable bonds is 7. The first kappa shape index (κ1) is 21.3. The summed E-state index contributed by atoms with van der Waals surface area (Å²) in [6.45, 7) is 5.98. The van der Waals surface area contributed by atoms with Crippen LogP contribution in [0.5, 0.6) is 5.75 Å². The van der Waals surface area contributed by atoms with Crippen molar-refractivity contribution in [2.45, 2.75) is 19.4 Å². The summed E-state index contributed by atoms with van der Waals surface area (Å²) in [5, 5.41) is 10.2. The SMILES string of the molecule is CCOc1ccc(CC(=O)N2CCN(CC(O)c3ccco3)CC2)cc1.Cl. The van der Waals surface area contributed by atoms with Crippen molar-refractivity contribution in [3.63, 3.8) is 0 Å². The van der Waals surface area contributed by atoms with Crippen LogP contribution >= 0.6 is 12.4 Å². The molecule has 6 nitrogen and oxygen atoms in total. The number of furan rings is 1. The Kier molecular flexibility index (Phi) is 8.16. The quantitative estimate of drug-likeness (QED) is 0.781. The molecule has 0 aliphatic carbocycles. The molecular weight excluding hydrogens is 368 g/mol. The third kappa shape index (κ3) is 5.99. The van der Waals surface area contributed by atoms with Gasteiger partial charge in [-0.3, -0.25) is 9.69 Å². The Hall–Kier alpha value is -2.02. The van der Waals surface area contributed by atoms with E-state index in [-0.39, 0.29) is 18.3 Å². The van der Waals surface area contributed by atoms with Crippen LogP contribution in [0, 0.1) is 0 Å². The van der Waals surface area contributed by atoms with E-state index in [2.05, 4.69) is 4.90 Å². The third-order valence-corrected chi connectivity index (χ3v) is 4.62. The highest BCUT2D eigenvalue weighted by molar-refractivity contribution is 5.85. The van der Waals surface area contributed by atoms with Gasteiger partial charge in [-0.25, -0.2) is 0 Å². The summed E-state index contributed by atoms with van der Waals surface area (Å²) < 4.78 is 10.7. The van der Waals surface area contributed by atoms with Crippen LogP contribution in [0.2, 0.25) is 0 Å². The van der Waals surface area contributed by atoms with Gasteiger partial charge in [-0.05, 0) is 36.8 Å². The Bertz CT molecular complexity index is 683. The Morgan fingerprint density at radius 1 is 1.19 bits per heavy atom. The molecule has 27 heavy (non-hydrogen) atoms. The maximum Gasteiger partial charge on any atom is 0.227 e. The molecule has 3 rings (SSSR count). The number of benzene rings is 1. The number of ether oxygens (including phenoxy) is 1. The highest BCUT2D eigenvalue weighted by atomic mass is 35.5. The lowest BCUT2D eigenvalue weighted by atomic mass is 10.1. The van der Waals surface area contributed by atoms with Crippen molar-refractivity contribution >= 4 is 18.3 Å². The monoisotopic (exact) mass is 394 g/mol. The fraction of sp³-hybridized carbons (Fsp3) is 0.450. The van der Waals surface area contributed by atoms with Crippen molar-refractivity contribution < 1.29 is 19.1 Å². The van der Waals surface area contributed by atoms with Crippen molar-refractivity contribution in [2.75, 3.05) is 39.3 Å². The van der Waals surface area contributed by atoms with Crippen LogP contribution < -0.4 is 4.74 Å². The summed E-state index contributed by atoms with van der Waals surface area (Å²) in [4.78, 5) is 16.6. The van der Waals surface area contributed by atoms with Crippen molar-refractivity contribution in [1.29, 1.82) is 0 Å². The molecule has 1 unspecified atom stereocenters. The number of aliphatic hydroxyl groups excluding tert-OH is 1. The maximum atomic E-state index is 12.5. The van der Waals surface area contributed by atoms with Crippen molar-refractivity contribution in [3.8, 4) is 5.75 Å². The normalized spacial score (nSPS) is 15.9. The first-order valence-electron chi connectivity index (χ1n) is 9.09. The minimum Gasteiger partial charge on any atom is -0.494 e. The molecule has 1 aliphatic rings. The smallest absolute Gasteiger partial charge is 0.227 e. The van der Waals surface area contributed by atoms with E-state index in [0.29, 0.717) is 38.4 Å². The molecule has 2 aromatic rings. The summed E-state index contributed by atoms with van der Waals surface area (Å²) in [7, 11) is 0. The lowest BCUT2D eigenvalue weighted by Gasteiger charge is -2.35. The molecule has 0 saturated carbocycles. The van der Waals surface area contributed by atoms with Crippen LogP contribution in [0.3, 0.4) is 0 Å². The summed E-state index contributed by atoms with van der Waals surface area (Å²) in [6, 6.07) is 11.2. The van der Waals surface area contributed by atoms with Crippen molar-refractivity contribution in [3.05, 3.63) is 54.0 Å². The molecule has 1 saturated heterocycles. The van der Waals surface area contributed by atoms with Gasteiger partial charge in [-0.1, -0.05) is 12.1 Å². The van der Waals surface area contributed by atoms with E-state index in [9.17, 15) is 9.90 Å². The number of carbonyl (C=O) groups excluding carboxylic acids is 1. The van der Waals surface area contributed by atoms with Gasteiger partial charge < -0.3 is 19.2 Å².